The number of methoxy groups -OCH3 is 3. The minimum absolute atomic E-state index is 0.183. The molecule has 1 aromatic heterocycles. The maximum atomic E-state index is 12.3. The second-order valence-corrected chi connectivity index (χ2v) is 5.83. The fourth-order valence-corrected chi connectivity index (χ4v) is 2.63. The molecule has 8 heteroatoms. The van der Waals surface area contributed by atoms with Crippen molar-refractivity contribution in [2.24, 2.45) is 0 Å². The molecule has 1 amide bonds. The van der Waals surface area contributed by atoms with Crippen molar-refractivity contribution in [3.8, 4) is 28.6 Å². The Morgan fingerprint density at radius 1 is 1.04 bits per heavy atom. The van der Waals surface area contributed by atoms with Crippen LogP contribution in [0.3, 0.4) is 0 Å². The van der Waals surface area contributed by atoms with Crippen molar-refractivity contribution >= 4 is 11.6 Å². The van der Waals surface area contributed by atoms with Crippen LogP contribution in [0.2, 0.25) is 0 Å². The van der Waals surface area contributed by atoms with Crippen LogP contribution in [0.15, 0.2) is 47.0 Å². The minimum Gasteiger partial charge on any atom is -0.497 e. The summed E-state index contributed by atoms with van der Waals surface area (Å²) in [7, 11) is 4.68. The summed E-state index contributed by atoms with van der Waals surface area (Å²) >= 11 is 0. The third-order valence-corrected chi connectivity index (χ3v) is 4.06. The highest BCUT2D eigenvalue weighted by Gasteiger charge is 2.15. The number of ether oxygens (including phenoxy) is 3. The number of carbonyl (C=O) groups excluding carboxylic acids is 1. The zero-order chi connectivity index (χ0) is 19.9. The van der Waals surface area contributed by atoms with Crippen LogP contribution in [0.25, 0.3) is 11.4 Å². The molecular formula is C20H21N3O5. The Labute approximate surface area is 162 Å². The van der Waals surface area contributed by atoms with Gasteiger partial charge in [0.1, 0.15) is 17.2 Å². The van der Waals surface area contributed by atoms with Crippen LogP contribution >= 0.6 is 0 Å². The molecule has 0 atom stereocenters. The van der Waals surface area contributed by atoms with Crippen molar-refractivity contribution in [3.05, 3.63) is 48.4 Å². The maximum Gasteiger partial charge on any atom is 0.227 e. The van der Waals surface area contributed by atoms with E-state index in [0.29, 0.717) is 41.1 Å². The zero-order valence-electron chi connectivity index (χ0n) is 15.9. The molecule has 0 unspecified atom stereocenters. The van der Waals surface area contributed by atoms with Crippen molar-refractivity contribution in [2.45, 2.75) is 12.8 Å². The van der Waals surface area contributed by atoms with Crippen LogP contribution in [-0.2, 0) is 11.2 Å². The van der Waals surface area contributed by atoms with Crippen molar-refractivity contribution < 1.29 is 23.5 Å². The summed E-state index contributed by atoms with van der Waals surface area (Å²) in [6.07, 6.45) is 0.495. The maximum absolute atomic E-state index is 12.3. The van der Waals surface area contributed by atoms with E-state index in [0.717, 1.165) is 5.56 Å². The van der Waals surface area contributed by atoms with Crippen LogP contribution in [-0.4, -0.2) is 37.4 Å². The van der Waals surface area contributed by atoms with Gasteiger partial charge in [0.05, 0.1) is 32.6 Å². The van der Waals surface area contributed by atoms with E-state index in [4.69, 9.17) is 18.7 Å². The Kier molecular flexibility index (Phi) is 6.11. The van der Waals surface area contributed by atoms with E-state index in [1.165, 1.54) is 7.11 Å². The molecular weight excluding hydrogens is 362 g/mol. The van der Waals surface area contributed by atoms with E-state index in [-0.39, 0.29) is 12.3 Å². The van der Waals surface area contributed by atoms with Gasteiger partial charge in [0.15, 0.2) is 0 Å². The van der Waals surface area contributed by atoms with Crippen LogP contribution in [0.1, 0.15) is 12.3 Å². The highest BCUT2D eigenvalue weighted by atomic mass is 16.5. The molecule has 2 aromatic carbocycles. The first kappa shape index (κ1) is 19.2. The number of amides is 1. The average Bonchev–Trinajstić information content (AvgIpc) is 3.21. The number of nitrogens with zero attached hydrogens (tertiary/aromatic N) is 2. The van der Waals surface area contributed by atoms with Gasteiger partial charge in [-0.05, 0) is 24.3 Å². The van der Waals surface area contributed by atoms with E-state index >= 15 is 0 Å². The van der Waals surface area contributed by atoms with E-state index in [9.17, 15) is 4.79 Å². The van der Waals surface area contributed by atoms with Gasteiger partial charge in [-0.15, -0.1) is 0 Å². The van der Waals surface area contributed by atoms with Gasteiger partial charge in [-0.1, -0.05) is 17.3 Å². The monoisotopic (exact) mass is 383 g/mol. The number of hydrogen-bond donors (Lipinski definition) is 1. The predicted octanol–water partition coefficient (Wildman–Crippen LogP) is 3.33. The van der Waals surface area contributed by atoms with Crippen molar-refractivity contribution in [1.82, 2.24) is 10.1 Å². The fourth-order valence-electron chi connectivity index (χ4n) is 2.63. The van der Waals surface area contributed by atoms with Crippen molar-refractivity contribution in [1.29, 1.82) is 0 Å². The zero-order valence-corrected chi connectivity index (χ0v) is 15.9. The highest BCUT2D eigenvalue weighted by Crippen LogP contribution is 2.29. The lowest BCUT2D eigenvalue weighted by Gasteiger charge is -2.11. The number of anilines is 1. The fraction of sp³-hybridized carbons (Fsp3) is 0.250. The molecule has 28 heavy (non-hydrogen) atoms. The molecule has 0 aliphatic carbocycles. The Balaban J connectivity index is 1.62. The lowest BCUT2D eigenvalue weighted by atomic mass is 10.2. The molecule has 1 N–H and O–H groups in total. The SMILES string of the molecule is COc1ccc(NC(=O)CCc2nc(-c3ccccc3OC)no2)c(OC)c1. The van der Waals surface area contributed by atoms with Crippen molar-refractivity contribution in [2.75, 3.05) is 26.6 Å². The third kappa shape index (κ3) is 4.40. The number of hydrogen-bond acceptors (Lipinski definition) is 7. The van der Waals surface area contributed by atoms with Crippen LogP contribution in [0.4, 0.5) is 5.69 Å². The van der Waals surface area contributed by atoms with Gasteiger partial charge in [-0.2, -0.15) is 4.98 Å². The van der Waals surface area contributed by atoms with Gasteiger partial charge in [-0.3, -0.25) is 4.79 Å². The van der Waals surface area contributed by atoms with Crippen LogP contribution < -0.4 is 19.5 Å². The van der Waals surface area contributed by atoms with Gasteiger partial charge in [-0.25, -0.2) is 0 Å². The molecule has 0 saturated heterocycles. The summed E-state index contributed by atoms with van der Waals surface area (Å²) in [6, 6.07) is 12.6. The number of para-hydroxylation sites is 1. The summed E-state index contributed by atoms with van der Waals surface area (Å²) in [5, 5.41) is 6.78. The summed E-state index contributed by atoms with van der Waals surface area (Å²) in [4.78, 5) is 16.6. The number of rotatable bonds is 8. The number of nitrogens with one attached hydrogen (secondary N) is 1. The van der Waals surface area contributed by atoms with Crippen molar-refractivity contribution in [3.63, 3.8) is 0 Å². The second kappa shape index (κ2) is 8.90. The molecule has 146 valence electrons. The van der Waals surface area contributed by atoms with Gasteiger partial charge >= 0.3 is 0 Å². The molecule has 0 fully saturated rings. The summed E-state index contributed by atoms with van der Waals surface area (Å²) < 4.78 is 21.0. The van der Waals surface area contributed by atoms with Gasteiger partial charge in [0.2, 0.25) is 17.6 Å². The standard InChI is InChI=1S/C20H21N3O5/c1-25-13-8-9-15(17(12-13)27-3)21-18(24)10-11-19-22-20(23-28-19)14-6-4-5-7-16(14)26-2/h4-9,12H,10-11H2,1-3H3,(H,21,24). The topological polar surface area (TPSA) is 95.7 Å². The molecule has 0 spiro atoms. The molecule has 3 aromatic rings. The lowest BCUT2D eigenvalue weighted by Crippen LogP contribution is -2.13. The molecule has 0 radical (unpaired) electrons. The number of aryl methyl sites for hydroxylation is 1. The van der Waals surface area contributed by atoms with Gasteiger partial charge in [0.25, 0.3) is 0 Å². The van der Waals surface area contributed by atoms with Crippen LogP contribution in [0.5, 0.6) is 17.2 Å². The average molecular weight is 383 g/mol. The second-order valence-electron chi connectivity index (χ2n) is 5.83. The number of benzene rings is 2. The minimum atomic E-state index is -0.194. The molecule has 8 nitrogen and oxygen atoms in total. The first-order valence-electron chi connectivity index (χ1n) is 8.62. The first-order valence-corrected chi connectivity index (χ1v) is 8.62. The smallest absolute Gasteiger partial charge is 0.227 e. The van der Waals surface area contributed by atoms with E-state index in [1.807, 2.05) is 24.3 Å². The number of carbonyl (C=O) groups is 1. The Hall–Kier alpha value is -3.55. The summed E-state index contributed by atoms with van der Waals surface area (Å²) in [6.45, 7) is 0. The molecule has 0 bridgehead atoms. The quantitative estimate of drug-likeness (QED) is 0.637. The summed E-state index contributed by atoms with van der Waals surface area (Å²) in [5.74, 6) is 2.41. The molecule has 0 aliphatic heterocycles. The Morgan fingerprint density at radius 3 is 2.57 bits per heavy atom. The van der Waals surface area contributed by atoms with Gasteiger partial charge < -0.3 is 24.1 Å². The molecule has 0 saturated carbocycles. The molecule has 0 aliphatic rings. The Morgan fingerprint density at radius 2 is 1.82 bits per heavy atom. The van der Waals surface area contributed by atoms with Gasteiger partial charge in [0, 0.05) is 18.9 Å². The number of aromatic nitrogens is 2. The van der Waals surface area contributed by atoms with Crippen LogP contribution in [0, 0.1) is 0 Å². The summed E-state index contributed by atoms with van der Waals surface area (Å²) in [5.41, 5.74) is 1.29. The first-order chi connectivity index (χ1) is 13.6. The third-order valence-electron chi connectivity index (χ3n) is 4.06. The molecule has 3 rings (SSSR count). The highest BCUT2D eigenvalue weighted by molar-refractivity contribution is 5.92. The largest absolute Gasteiger partial charge is 0.497 e. The Bertz CT molecular complexity index is 955. The predicted molar refractivity (Wildman–Crippen MR) is 103 cm³/mol. The normalized spacial score (nSPS) is 10.4. The lowest BCUT2D eigenvalue weighted by molar-refractivity contribution is -0.116. The van der Waals surface area contributed by atoms with E-state index in [1.54, 1.807) is 32.4 Å². The van der Waals surface area contributed by atoms with E-state index in [2.05, 4.69) is 15.5 Å². The van der Waals surface area contributed by atoms with E-state index < -0.39 is 0 Å². The molecule has 1 heterocycles.